The molecule has 0 fully saturated rings. The Hall–Kier alpha value is -4.06. The largest absolute Gasteiger partial charge is 0.497 e. The van der Waals surface area contributed by atoms with Gasteiger partial charge in [-0.3, -0.25) is 4.79 Å². The van der Waals surface area contributed by atoms with Crippen LogP contribution in [0.5, 0.6) is 5.75 Å². The first kappa shape index (κ1) is 21.2. The molecule has 0 radical (unpaired) electrons. The first-order valence-corrected chi connectivity index (χ1v) is 10.2. The third kappa shape index (κ3) is 3.83. The van der Waals surface area contributed by atoms with Gasteiger partial charge < -0.3 is 19.3 Å². The van der Waals surface area contributed by atoms with E-state index in [0.717, 1.165) is 22.7 Å². The van der Waals surface area contributed by atoms with Gasteiger partial charge in [-0.25, -0.2) is 4.79 Å². The molecular formula is C26H24N2O4. The molecule has 1 heterocycles. The maximum absolute atomic E-state index is 13.8. The fourth-order valence-corrected chi connectivity index (χ4v) is 3.88. The first-order valence-electron chi connectivity index (χ1n) is 10.2. The summed E-state index contributed by atoms with van der Waals surface area (Å²) >= 11 is 0. The fraction of sp³-hybridized carbons (Fsp3) is 0.154. The Morgan fingerprint density at radius 3 is 2.38 bits per heavy atom. The molecule has 0 aliphatic carbocycles. The second-order valence-corrected chi connectivity index (χ2v) is 7.35. The molecule has 1 aliphatic heterocycles. The van der Waals surface area contributed by atoms with E-state index in [1.54, 1.807) is 30.2 Å². The summed E-state index contributed by atoms with van der Waals surface area (Å²) < 4.78 is 10.2. The maximum atomic E-state index is 13.8. The zero-order valence-electron chi connectivity index (χ0n) is 18.1. The van der Waals surface area contributed by atoms with Crippen LogP contribution in [0.2, 0.25) is 0 Å². The number of para-hydroxylation sites is 1. The second-order valence-electron chi connectivity index (χ2n) is 7.35. The van der Waals surface area contributed by atoms with Crippen LogP contribution >= 0.6 is 0 Å². The van der Waals surface area contributed by atoms with Crippen molar-refractivity contribution >= 4 is 28.9 Å². The molecule has 0 saturated heterocycles. The monoisotopic (exact) mass is 428 g/mol. The predicted octanol–water partition coefficient (Wildman–Crippen LogP) is 4.97. The van der Waals surface area contributed by atoms with Crippen LogP contribution in [-0.2, 0) is 11.3 Å². The van der Waals surface area contributed by atoms with Crippen LogP contribution in [0, 0.1) is 0 Å². The Bertz CT molecular complexity index is 1170. The van der Waals surface area contributed by atoms with Gasteiger partial charge in [-0.15, -0.1) is 6.58 Å². The fourth-order valence-electron chi connectivity index (χ4n) is 3.88. The van der Waals surface area contributed by atoms with Crippen LogP contribution in [0.4, 0.5) is 17.1 Å². The van der Waals surface area contributed by atoms with Crippen molar-refractivity contribution in [1.82, 2.24) is 0 Å². The smallest absolute Gasteiger partial charge is 0.337 e. The summed E-state index contributed by atoms with van der Waals surface area (Å²) in [6.07, 6.45) is 1.79. The third-order valence-electron chi connectivity index (χ3n) is 5.46. The highest BCUT2D eigenvalue weighted by atomic mass is 16.5. The molecule has 0 bridgehead atoms. The maximum Gasteiger partial charge on any atom is 0.337 e. The van der Waals surface area contributed by atoms with Crippen LogP contribution in [0.25, 0.3) is 0 Å². The van der Waals surface area contributed by atoms with E-state index in [1.165, 1.54) is 7.11 Å². The molecule has 0 unspecified atom stereocenters. The number of benzene rings is 3. The summed E-state index contributed by atoms with van der Waals surface area (Å²) in [5.74, 6) is 0.139. The molecule has 0 atom stereocenters. The summed E-state index contributed by atoms with van der Waals surface area (Å²) in [5, 5.41) is 0. The molecule has 4 rings (SSSR count). The summed E-state index contributed by atoms with van der Waals surface area (Å²) in [5.41, 5.74) is 4.13. The molecule has 0 N–H and O–H groups in total. The third-order valence-corrected chi connectivity index (χ3v) is 5.46. The van der Waals surface area contributed by atoms with E-state index >= 15 is 0 Å². The number of esters is 1. The number of hydrogen-bond acceptors (Lipinski definition) is 5. The molecule has 162 valence electrons. The molecule has 32 heavy (non-hydrogen) atoms. The highest BCUT2D eigenvalue weighted by Gasteiger charge is 2.31. The Kier molecular flexibility index (Phi) is 5.94. The highest BCUT2D eigenvalue weighted by molar-refractivity contribution is 6.14. The predicted molar refractivity (Wildman–Crippen MR) is 125 cm³/mol. The van der Waals surface area contributed by atoms with Crippen molar-refractivity contribution in [2.45, 2.75) is 6.54 Å². The number of hydrogen-bond donors (Lipinski definition) is 0. The molecule has 3 aromatic rings. The number of nitrogens with zero attached hydrogens (tertiary/aromatic N) is 2. The van der Waals surface area contributed by atoms with Gasteiger partial charge in [0.1, 0.15) is 5.75 Å². The average Bonchev–Trinajstić information content (AvgIpc) is 2.93. The van der Waals surface area contributed by atoms with Gasteiger partial charge in [0, 0.05) is 6.54 Å². The Morgan fingerprint density at radius 1 is 0.938 bits per heavy atom. The number of ether oxygens (including phenoxy) is 2. The lowest BCUT2D eigenvalue weighted by Crippen LogP contribution is -2.30. The normalized spacial score (nSPS) is 12.5. The zero-order valence-corrected chi connectivity index (χ0v) is 18.1. The van der Waals surface area contributed by atoms with Crippen LogP contribution in [0.1, 0.15) is 26.3 Å². The van der Waals surface area contributed by atoms with Crippen LogP contribution < -0.4 is 14.5 Å². The average molecular weight is 428 g/mol. The van der Waals surface area contributed by atoms with E-state index in [2.05, 4.69) is 6.58 Å². The minimum Gasteiger partial charge on any atom is -0.497 e. The number of carbonyl (C=O) groups excluding carboxylic acids is 2. The van der Waals surface area contributed by atoms with Crippen molar-refractivity contribution in [3.05, 3.63) is 96.1 Å². The summed E-state index contributed by atoms with van der Waals surface area (Å²) in [6, 6.07) is 20.4. The molecule has 0 spiro atoms. The molecule has 0 aromatic heterocycles. The summed E-state index contributed by atoms with van der Waals surface area (Å²) in [7, 11) is 2.96. The van der Waals surface area contributed by atoms with E-state index in [-0.39, 0.29) is 5.91 Å². The van der Waals surface area contributed by atoms with Crippen molar-refractivity contribution in [2.75, 3.05) is 30.6 Å². The van der Waals surface area contributed by atoms with E-state index in [0.29, 0.717) is 29.9 Å². The van der Waals surface area contributed by atoms with Gasteiger partial charge in [-0.1, -0.05) is 30.3 Å². The lowest BCUT2D eigenvalue weighted by atomic mass is 10.1. The van der Waals surface area contributed by atoms with Gasteiger partial charge in [0.25, 0.3) is 5.91 Å². The van der Waals surface area contributed by atoms with Gasteiger partial charge >= 0.3 is 5.97 Å². The molecule has 6 heteroatoms. The Balaban J connectivity index is 1.90. The Morgan fingerprint density at radius 2 is 1.69 bits per heavy atom. The Labute approximate surface area is 187 Å². The molecule has 3 aromatic carbocycles. The number of rotatable bonds is 6. The van der Waals surface area contributed by atoms with Gasteiger partial charge in [0.05, 0.1) is 49.0 Å². The number of carbonyl (C=O) groups is 2. The van der Waals surface area contributed by atoms with E-state index < -0.39 is 5.97 Å². The van der Waals surface area contributed by atoms with Crippen LogP contribution in [0.3, 0.4) is 0 Å². The van der Waals surface area contributed by atoms with Crippen LogP contribution in [0.15, 0.2) is 79.4 Å². The van der Waals surface area contributed by atoms with Crippen molar-refractivity contribution in [3.8, 4) is 5.75 Å². The summed E-state index contributed by atoms with van der Waals surface area (Å²) in [6.45, 7) is 4.72. The molecule has 1 amide bonds. The lowest BCUT2D eigenvalue weighted by Gasteiger charge is -2.27. The minimum atomic E-state index is -0.457. The lowest BCUT2D eigenvalue weighted by molar-refractivity contribution is 0.0600. The van der Waals surface area contributed by atoms with E-state index in [9.17, 15) is 9.59 Å². The van der Waals surface area contributed by atoms with Gasteiger partial charge in [-0.2, -0.15) is 0 Å². The minimum absolute atomic E-state index is 0.147. The van der Waals surface area contributed by atoms with Crippen molar-refractivity contribution in [3.63, 3.8) is 0 Å². The standard InChI is InChI=1S/C26H24N2O4/c1-4-15-27-22-8-6-5-7-21(22)25(29)28(17-18-9-12-20(31-2)13-10-18)24-16-19(26(30)32-3)11-14-23(24)27/h4-14,16H,1,15,17H2,2-3H3. The van der Waals surface area contributed by atoms with Gasteiger partial charge in [0.15, 0.2) is 0 Å². The number of methoxy groups -OCH3 is 2. The highest BCUT2D eigenvalue weighted by Crippen LogP contribution is 2.42. The zero-order chi connectivity index (χ0) is 22.7. The number of fused-ring (bicyclic) bond motifs is 2. The van der Waals surface area contributed by atoms with E-state index in [1.807, 2.05) is 59.5 Å². The van der Waals surface area contributed by atoms with Crippen molar-refractivity contribution in [2.24, 2.45) is 0 Å². The van der Waals surface area contributed by atoms with Crippen molar-refractivity contribution < 1.29 is 19.1 Å². The first-order chi connectivity index (χ1) is 15.6. The summed E-state index contributed by atoms with van der Waals surface area (Å²) in [4.78, 5) is 29.8. The van der Waals surface area contributed by atoms with Crippen molar-refractivity contribution in [1.29, 1.82) is 0 Å². The molecular weight excluding hydrogens is 404 g/mol. The number of amides is 1. The molecule has 6 nitrogen and oxygen atoms in total. The topological polar surface area (TPSA) is 59.1 Å². The second kappa shape index (κ2) is 8.98. The van der Waals surface area contributed by atoms with Crippen LogP contribution in [-0.4, -0.2) is 32.6 Å². The van der Waals surface area contributed by atoms with Gasteiger partial charge in [0.2, 0.25) is 0 Å². The number of anilines is 3. The molecule has 1 aliphatic rings. The van der Waals surface area contributed by atoms with Gasteiger partial charge in [-0.05, 0) is 48.0 Å². The quantitative estimate of drug-likeness (QED) is 0.410. The SMILES string of the molecule is C=CCN1c2ccccc2C(=O)N(Cc2ccc(OC)cc2)c2cc(C(=O)OC)ccc21. The molecule has 0 saturated carbocycles. The van der Waals surface area contributed by atoms with E-state index in [4.69, 9.17) is 9.47 Å².